The van der Waals surface area contributed by atoms with Crippen LogP contribution < -0.4 is 10.6 Å². The first-order valence-corrected chi connectivity index (χ1v) is 13.6. The van der Waals surface area contributed by atoms with Crippen molar-refractivity contribution in [3.63, 3.8) is 0 Å². The summed E-state index contributed by atoms with van der Waals surface area (Å²) in [6.45, 7) is 1.03. The molecule has 2 aliphatic carbocycles. The molecule has 0 bridgehead atoms. The Labute approximate surface area is 222 Å². The van der Waals surface area contributed by atoms with Crippen molar-refractivity contribution in [3.05, 3.63) is 59.7 Å². The standard InChI is InChI=1S/C30H32N4O4/c31-16-20(15-18-8-6-14-32-27(18)35)33-28(36)26-21-11-5-7-19(21)17-34(26)29(37)30(38)24-12-3-1-9-22(24)23-10-2-4-13-25(23)30/h1-4,9-10,12-13,18-21,26,38H,5-8,11,14-15,17H2,(H,32,35)(H,33,36)/t18-,19?,20-,21?,26?/m0/s1. The van der Waals surface area contributed by atoms with E-state index < -0.39 is 23.6 Å². The predicted molar refractivity (Wildman–Crippen MR) is 139 cm³/mol. The van der Waals surface area contributed by atoms with Crippen molar-refractivity contribution < 1.29 is 19.5 Å². The molecular formula is C30H32N4O4. The van der Waals surface area contributed by atoms with E-state index in [-0.39, 0.29) is 36.0 Å². The monoisotopic (exact) mass is 512 g/mol. The van der Waals surface area contributed by atoms with Gasteiger partial charge < -0.3 is 20.6 Å². The Morgan fingerprint density at radius 3 is 2.42 bits per heavy atom. The van der Waals surface area contributed by atoms with Crippen LogP contribution >= 0.6 is 0 Å². The molecule has 3 N–H and O–H groups in total. The lowest BCUT2D eigenvalue weighted by atomic mass is 9.88. The summed E-state index contributed by atoms with van der Waals surface area (Å²) in [7, 11) is 0. The summed E-state index contributed by atoms with van der Waals surface area (Å²) in [6, 6.07) is 15.3. The van der Waals surface area contributed by atoms with Gasteiger partial charge in [0, 0.05) is 30.1 Å². The van der Waals surface area contributed by atoms with Crippen LogP contribution in [0.4, 0.5) is 0 Å². The van der Waals surface area contributed by atoms with E-state index in [4.69, 9.17) is 0 Å². The summed E-state index contributed by atoms with van der Waals surface area (Å²) in [6.07, 6.45) is 4.51. The number of amides is 3. The highest BCUT2D eigenvalue weighted by atomic mass is 16.3. The van der Waals surface area contributed by atoms with E-state index in [0.29, 0.717) is 30.6 Å². The van der Waals surface area contributed by atoms with Crippen molar-refractivity contribution in [1.29, 1.82) is 5.26 Å². The van der Waals surface area contributed by atoms with Crippen LogP contribution in [0, 0.1) is 29.1 Å². The van der Waals surface area contributed by atoms with E-state index in [1.807, 2.05) is 36.4 Å². The summed E-state index contributed by atoms with van der Waals surface area (Å²) >= 11 is 0. The van der Waals surface area contributed by atoms with Crippen LogP contribution in [0.25, 0.3) is 11.1 Å². The fourth-order valence-electron chi connectivity index (χ4n) is 7.25. The fraction of sp³-hybridized carbons (Fsp3) is 0.467. The topological polar surface area (TPSA) is 123 Å². The molecule has 3 fully saturated rings. The highest BCUT2D eigenvalue weighted by Crippen LogP contribution is 2.50. The van der Waals surface area contributed by atoms with Gasteiger partial charge in [-0.05, 0) is 55.1 Å². The first kappa shape index (κ1) is 24.6. The van der Waals surface area contributed by atoms with Crippen molar-refractivity contribution in [2.24, 2.45) is 17.8 Å². The lowest BCUT2D eigenvalue weighted by Gasteiger charge is -2.34. The van der Waals surface area contributed by atoms with Crippen molar-refractivity contribution in [1.82, 2.24) is 15.5 Å². The molecular weight excluding hydrogens is 480 g/mol. The van der Waals surface area contributed by atoms with Gasteiger partial charge in [-0.3, -0.25) is 14.4 Å². The van der Waals surface area contributed by atoms with Gasteiger partial charge in [0.2, 0.25) is 11.8 Å². The maximum Gasteiger partial charge on any atom is 0.264 e. The third-order valence-electron chi connectivity index (χ3n) is 9.05. The Hall–Kier alpha value is -3.70. The van der Waals surface area contributed by atoms with Crippen LogP contribution in [-0.4, -0.2) is 52.9 Å². The molecule has 2 aromatic rings. The SMILES string of the molecule is N#C[C@H](C[C@@H]1CCCNC1=O)NC(=O)C1C2CCCC2CN1C(=O)C1(O)c2ccccc2-c2ccccc21. The zero-order valence-corrected chi connectivity index (χ0v) is 21.2. The lowest BCUT2D eigenvalue weighted by Crippen LogP contribution is -2.55. The number of fused-ring (bicyclic) bond motifs is 4. The molecule has 8 nitrogen and oxygen atoms in total. The van der Waals surface area contributed by atoms with Gasteiger partial charge in [0.1, 0.15) is 12.1 Å². The largest absolute Gasteiger partial charge is 0.372 e. The van der Waals surface area contributed by atoms with Gasteiger partial charge in [0.25, 0.3) is 5.91 Å². The molecule has 2 aromatic carbocycles. The van der Waals surface area contributed by atoms with Crippen LogP contribution in [0.1, 0.15) is 49.7 Å². The highest BCUT2D eigenvalue weighted by molar-refractivity contribution is 6.01. The van der Waals surface area contributed by atoms with Gasteiger partial charge in [-0.2, -0.15) is 5.26 Å². The maximum absolute atomic E-state index is 14.3. The molecule has 196 valence electrons. The van der Waals surface area contributed by atoms with Gasteiger partial charge in [-0.1, -0.05) is 55.0 Å². The molecule has 2 saturated heterocycles. The zero-order valence-electron chi connectivity index (χ0n) is 21.2. The van der Waals surface area contributed by atoms with Gasteiger partial charge >= 0.3 is 0 Å². The fourth-order valence-corrected chi connectivity index (χ4v) is 7.25. The number of aliphatic hydroxyl groups is 1. The van der Waals surface area contributed by atoms with E-state index in [2.05, 4.69) is 16.7 Å². The maximum atomic E-state index is 14.3. The van der Waals surface area contributed by atoms with Gasteiger partial charge in [0.15, 0.2) is 5.60 Å². The molecule has 38 heavy (non-hydrogen) atoms. The number of hydrogen-bond donors (Lipinski definition) is 3. The van der Waals surface area contributed by atoms with Crippen LogP contribution in [0.3, 0.4) is 0 Å². The Balaban J connectivity index is 1.30. The molecule has 0 radical (unpaired) electrons. The molecule has 3 unspecified atom stereocenters. The highest BCUT2D eigenvalue weighted by Gasteiger charge is 2.56. The minimum absolute atomic E-state index is 0.0215. The normalized spacial score (nSPS) is 27.5. The van der Waals surface area contributed by atoms with E-state index in [9.17, 15) is 24.8 Å². The van der Waals surface area contributed by atoms with Crippen molar-refractivity contribution in [3.8, 4) is 17.2 Å². The molecule has 5 atom stereocenters. The summed E-state index contributed by atoms with van der Waals surface area (Å²) in [5.74, 6) is -1.12. The van der Waals surface area contributed by atoms with E-state index >= 15 is 0 Å². The Kier molecular flexibility index (Phi) is 6.19. The van der Waals surface area contributed by atoms with Gasteiger partial charge in [0.05, 0.1) is 6.07 Å². The first-order chi connectivity index (χ1) is 18.4. The average molecular weight is 513 g/mol. The first-order valence-electron chi connectivity index (χ1n) is 13.6. The Bertz CT molecular complexity index is 1290. The number of nitrogens with zero attached hydrogens (tertiary/aromatic N) is 2. The number of rotatable bonds is 5. The van der Waals surface area contributed by atoms with Crippen LogP contribution in [-0.2, 0) is 20.0 Å². The quantitative estimate of drug-likeness (QED) is 0.568. The molecule has 2 heterocycles. The zero-order chi connectivity index (χ0) is 26.4. The summed E-state index contributed by atoms with van der Waals surface area (Å²) in [5.41, 5.74) is 0.796. The number of carbonyl (C=O) groups is 3. The number of hydrogen-bond acceptors (Lipinski definition) is 5. The summed E-state index contributed by atoms with van der Waals surface area (Å²) < 4.78 is 0. The molecule has 4 aliphatic rings. The number of benzene rings is 2. The van der Waals surface area contributed by atoms with E-state index in [0.717, 1.165) is 36.8 Å². The van der Waals surface area contributed by atoms with Crippen LogP contribution in [0.2, 0.25) is 0 Å². The Morgan fingerprint density at radius 2 is 1.76 bits per heavy atom. The second-order valence-corrected chi connectivity index (χ2v) is 11.1. The number of nitriles is 1. The second kappa shape index (κ2) is 9.55. The van der Waals surface area contributed by atoms with Gasteiger partial charge in [-0.15, -0.1) is 0 Å². The third-order valence-corrected chi connectivity index (χ3v) is 9.05. The van der Waals surface area contributed by atoms with Crippen LogP contribution in [0.15, 0.2) is 48.5 Å². The lowest BCUT2D eigenvalue weighted by molar-refractivity contribution is -0.152. The van der Waals surface area contributed by atoms with Crippen molar-refractivity contribution in [2.75, 3.05) is 13.1 Å². The minimum Gasteiger partial charge on any atom is -0.372 e. The predicted octanol–water partition coefficient (Wildman–Crippen LogP) is 2.45. The second-order valence-electron chi connectivity index (χ2n) is 11.1. The van der Waals surface area contributed by atoms with Crippen molar-refractivity contribution in [2.45, 2.75) is 56.2 Å². The summed E-state index contributed by atoms with van der Waals surface area (Å²) in [4.78, 5) is 41.9. The van der Waals surface area contributed by atoms with E-state index in [1.54, 1.807) is 17.0 Å². The molecule has 0 spiro atoms. The molecule has 1 saturated carbocycles. The summed E-state index contributed by atoms with van der Waals surface area (Å²) in [5, 5.41) is 27.6. The molecule has 0 aromatic heterocycles. The average Bonchev–Trinajstić information content (AvgIpc) is 3.61. The Morgan fingerprint density at radius 1 is 1.08 bits per heavy atom. The number of piperidine rings is 1. The minimum atomic E-state index is -1.89. The van der Waals surface area contributed by atoms with E-state index in [1.165, 1.54) is 0 Å². The number of carbonyl (C=O) groups excluding carboxylic acids is 3. The number of nitrogens with one attached hydrogen (secondary N) is 2. The molecule has 3 amide bonds. The van der Waals surface area contributed by atoms with Crippen molar-refractivity contribution >= 4 is 17.7 Å². The molecule has 2 aliphatic heterocycles. The van der Waals surface area contributed by atoms with Crippen LogP contribution in [0.5, 0.6) is 0 Å². The number of likely N-dealkylation sites (tertiary alicyclic amines) is 1. The van der Waals surface area contributed by atoms with Gasteiger partial charge in [-0.25, -0.2) is 0 Å². The third kappa shape index (κ3) is 3.80. The molecule has 8 heteroatoms. The molecule has 6 rings (SSSR count). The smallest absolute Gasteiger partial charge is 0.264 e.